The van der Waals surface area contributed by atoms with Crippen molar-refractivity contribution in [1.29, 1.82) is 0 Å². The second-order valence-corrected chi connectivity index (χ2v) is 9.08. The van der Waals surface area contributed by atoms with E-state index in [0.717, 1.165) is 17.4 Å². The second kappa shape index (κ2) is 10.2. The fraction of sp³-hybridized carbons (Fsp3) is 0.379. The van der Waals surface area contributed by atoms with Gasteiger partial charge in [0.1, 0.15) is 6.61 Å². The van der Waals surface area contributed by atoms with Crippen LogP contribution in [0.15, 0.2) is 61.7 Å². The maximum Gasteiger partial charge on any atom is 0.191 e. The van der Waals surface area contributed by atoms with Gasteiger partial charge < -0.3 is 4.74 Å². The zero-order valence-electron chi connectivity index (χ0n) is 18.5. The quantitative estimate of drug-likeness (QED) is 0.353. The van der Waals surface area contributed by atoms with E-state index in [4.69, 9.17) is 4.74 Å². The molecule has 0 aliphatic heterocycles. The largest absolute Gasteiger partial charge is 0.483 e. The third kappa shape index (κ3) is 5.13. The number of ether oxygens (including phenoxy) is 1. The molecule has 2 saturated carbocycles. The van der Waals surface area contributed by atoms with E-state index >= 15 is 0 Å². The molecule has 4 unspecified atom stereocenters. The molecule has 0 aromatic heterocycles. The van der Waals surface area contributed by atoms with Crippen molar-refractivity contribution in [3.05, 3.63) is 90.0 Å². The first-order valence-electron chi connectivity index (χ1n) is 11.5. The lowest BCUT2D eigenvalue weighted by Crippen LogP contribution is -2.29. The predicted molar refractivity (Wildman–Crippen MR) is 126 cm³/mol. The van der Waals surface area contributed by atoms with E-state index in [1.165, 1.54) is 62.3 Å². The predicted octanol–water partition coefficient (Wildman–Crippen LogP) is 7.42. The van der Waals surface area contributed by atoms with E-state index in [2.05, 4.69) is 43.2 Å². The molecule has 0 bridgehead atoms. The van der Waals surface area contributed by atoms with Gasteiger partial charge in [-0.3, -0.25) is 0 Å². The molecule has 2 fully saturated rings. The highest BCUT2D eigenvalue weighted by Gasteiger charge is 2.35. The van der Waals surface area contributed by atoms with E-state index in [1.54, 1.807) is 0 Å². The molecule has 166 valence electrons. The first-order chi connectivity index (χ1) is 15.6. The topological polar surface area (TPSA) is 9.23 Å². The molecule has 0 spiro atoms. The first kappa shape index (κ1) is 22.3. The van der Waals surface area contributed by atoms with Crippen LogP contribution in [0.3, 0.4) is 0 Å². The third-order valence-electron chi connectivity index (χ3n) is 7.06. The summed E-state index contributed by atoms with van der Waals surface area (Å²) >= 11 is 0. The maximum atomic E-state index is 14.1. The number of halogens is 2. The molecule has 4 rings (SSSR count). The van der Waals surface area contributed by atoms with Gasteiger partial charge in [-0.1, -0.05) is 42.7 Å². The van der Waals surface area contributed by atoms with Gasteiger partial charge in [0.25, 0.3) is 0 Å². The van der Waals surface area contributed by atoms with Crippen LogP contribution in [0, 0.1) is 41.2 Å². The Morgan fingerprint density at radius 1 is 0.875 bits per heavy atom. The minimum atomic E-state index is -0.760. The van der Waals surface area contributed by atoms with Crippen molar-refractivity contribution in [1.82, 2.24) is 0 Å². The Labute approximate surface area is 190 Å². The van der Waals surface area contributed by atoms with Gasteiger partial charge in [-0.05, 0) is 92.0 Å². The highest BCUT2D eigenvalue weighted by atomic mass is 19.1. The summed E-state index contributed by atoms with van der Waals surface area (Å²) in [6, 6.07) is 10.7. The van der Waals surface area contributed by atoms with Crippen molar-refractivity contribution in [2.75, 3.05) is 6.61 Å². The Morgan fingerprint density at radius 2 is 1.53 bits per heavy atom. The van der Waals surface area contributed by atoms with Crippen LogP contribution in [-0.4, -0.2) is 6.61 Å². The van der Waals surface area contributed by atoms with Crippen molar-refractivity contribution in [2.45, 2.75) is 44.4 Å². The zero-order chi connectivity index (χ0) is 22.5. The monoisotopic (exact) mass is 432 g/mol. The molecule has 1 nitrogen and oxygen atoms in total. The molecule has 0 radical (unpaired) electrons. The summed E-state index contributed by atoms with van der Waals surface area (Å²) < 4.78 is 33.2. The lowest BCUT2D eigenvalue weighted by molar-refractivity contribution is 0.133. The lowest BCUT2D eigenvalue weighted by Gasteiger charge is -2.41. The fourth-order valence-electron chi connectivity index (χ4n) is 5.34. The van der Waals surface area contributed by atoms with Crippen molar-refractivity contribution >= 4 is 0 Å². The summed E-state index contributed by atoms with van der Waals surface area (Å²) in [5.74, 6) is 6.99. The smallest absolute Gasteiger partial charge is 0.191 e. The molecular weight excluding hydrogens is 402 g/mol. The Hall–Kier alpha value is -2.86. The average Bonchev–Trinajstić information content (AvgIpc) is 2.82. The summed E-state index contributed by atoms with van der Waals surface area (Å²) in [6.45, 7) is 7.52. The van der Waals surface area contributed by atoms with Gasteiger partial charge >= 0.3 is 0 Å². The SMILES string of the molecule is C=CCOc1c(F)cc(C#Cc2ccc(C3CCC4CC(C=C)CCC4C3)cc2)cc1F. The number of benzene rings is 2. The minimum absolute atomic E-state index is 0.0446. The number of rotatable bonds is 5. The Kier molecular flexibility index (Phi) is 7.10. The molecule has 2 aliphatic carbocycles. The summed E-state index contributed by atoms with van der Waals surface area (Å²) in [4.78, 5) is 0. The van der Waals surface area contributed by atoms with Crippen LogP contribution in [-0.2, 0) is 0 Å². The standard InChI is InChI=1S/C29H30F2O/c1-3-15-32-29-27(30)17-22(18-28(29)31)6-5-21-8-10-23(11-9-21)25-14-13-24-16-20(4-2)7-12-26(24)19-25/h3-4,8-11,17-18,20,24-26H,1-2,7,12-16,19H2. The molecule has 0 amide bonds. The summed E-state index contributed by atoms with van der Waals surface area (Å²) in [7, 11) is 0. The van der Waals surface area contributed by atoms with Gasteiger partial charge in [-0.2, -0.15) is 0 Å². The molecule has 32 heavy (non-hydrogen) atoms. The van der Waals surface area contributed by atoms with Crippen molar-refractivity contribution in [2.24, 2.45) is 17.8 Å². The molecule has 2 aliphatic rings. The van der Waals surface area contributed by atoms with Gasteiger partial charge in [0.05, 0.1) is 0 Å². The molecule has 0 heterocycles. The van der Waals surface area contributed by atoms with E-state index in [-0.39, 0.29) is 12.2 Å². The second-order valence-electron chi connectivity index (χ2n) is 9.08. The molecular formula is C29H30F2O. The highest BCUT2D eigenvalue weighted by Crippen LogP contribution is 2.47. The average molecular weight is 433 g/mol. The Balaban J connectivity index is 1.41. The van der Waals surface area contributed by atoms with Crippen LogP contribution < -0.4 is 4.74 Å². The third-order valence-corrected chi connectivity index (χ3v) is 7.06. The first-order valence-corrected chi connectivity index (χ1v) is 11.5. The van der Waals surface area contributed by atoms with E-state index in [1.807, 2.05) is 12.1 Å². The number of allylic oxidation sites excluding steroid dienone is 1. The molecule has 0 N–H and O–H groups in total. The van der Waals surface area contributed by atoms with Gasteiger partial charge in [0.15, 0.2) is 17.4 Å². The number of hydrogen-bond acceptors (Lipinski definition) is 1. The molecule has 2 aromatic rings. The van der Waals surface area contributed by atoms with Gasteiger partial charge in [0, 0.05) is 11.1 Å². The Bertz CT molecular complexity index is 1000. The van der Waals surface area contributed by atoms with Crippen LogP contribution >= 0.6 is 0 Å². The molecule has 4 atom stereocenters. The number of fused-ring (bicyclic) bond motifs is 1. The normalized spacial score (nSPS) is 24.6. The summed E-state index contributed by atoms with van der Waals surface area (Å²) in [5, 5.41) is 0. The van der Waals surface area contributed by atoms with Crippen molar-refractivity contribution in [3.63, 3.8) is 0 Å². The van der Waals surface area contributed by atoms with Gasteiger partial charge in [-0.15, -0.1) is 6.58 Å². The van der Waals surface area contributed by atoms with Gasteiger partial charge in [-0.25, -0.2) is 8.78 Å². The van der Waals surface area contributed by atoms with Gasteiger partial charge in [0.2, 0.25) is 0 Å². The van der Waals surface area contributed by atoms with E-state index in [0.29, 0.717) is 11.8 Å². The maximum absolute atomic E-state index is 14.1. The lowest BCUT2D eigenvalue weighted by atomic mass is 9.64. The minimum Gasteiger partial charge on any atom is -0.483 e. The fourth-order valence-corrected chi connectivity index (χ4v) is 5.34. The number of hydrogen-bond donors (Lipinski definition) is 0. The molecule has 2 aromatic carbocycles. The van der Waals surface area contributed by atoms with Crippen LogP contribution in [0.5, 0.6) is 5.75 Å². The molecule has 0 saturated heterocycles. The van der Waals surface area contributed by atoms with Crippen LogP contribution in [0.25, 0.3) is 0 Å². The van der Waals surface area contributed by atoms with E-state index in [9.17, 15) is 8.78 Å². The summed E-state index contributed by atoms with van der Waals surface area (Å²) in [5.41, 5.74) is 2.49. The van der Waals surface area contributed by atoms with Crippen LogP contribution in [0.2, 0.25) is 0 Å². The van der Waals surface area contributed by atoms with Crippen molar-refractivity contribution in [3.8, 4) is 17.6 Å². The molecule has 3 heteroatoms. The van der Waals surface area contributed by atoms with Crippen LogP contribution in [0.1, 0.15) is 61.1 Å². The van der Waals surface area contributed by atoms with Crippen LogP contribution in [0.4, 0.5) is 8.78 Å². The van der Waals surface area contributed by atoms with Crippen molar-refractivity contribution < 1.29 is 13.5 Å². The zero-order valence-corrected chi connectivity index (χ0v) is 18.5. The summed E-state index contributed by atoms with van der Waals surface area (Å²) in [6.07, 6.45) is 11.3. The van der Waals surface area contributed by atoms with E-state index < -0.39 is 17.4 Å². The Morgan fingerprint density at radius 3 is 2.22 bits per heavy atom. The highest BCUT2D eigenvalue weighted by molar-refractivity contribution is 5.46.